The molecule has 9 heteroatoms. The van der Waals surface area contributed by atoms with Crippen molar-refractivity contribution in [2.45, 2.75) is 5.75 Å². The topological polar surface area (TPSA) is 118 Å². The summed E-state index contributed by atoms with van der Waals surface area (Å²) >= 11 is 0. The zero-order chi connectivity index (χ0) is 11.6. The Hall–Kier alpha value is -0.670. The molecule has 0 saturated heterocycles. The molecule has 0 aliphatic rings. The number of aromatic hydroxyl groups is 1. The molecule has 1 aromatic rings. The summed E-state index contributed by atoms with van der Waals surface area (Å²) in [7, 11) is -4.32. The molecule has 0 radical (unpaired) electrons. The van der Waals surface area contributed by atoms with Gasteiger partial charge in [0.25, 0.3) is 15.8 Å². The van der Waals surface area contributed by atoms with Gasteiger partial charge in [-0.1, -0.05) is 0 Å². The predicted octanol–water partition coefficient (Wildman–Crippen LogP) is -2.20. The molecule has 0 fully saturated rings. The average Bonchev–Trinajstić information content (AvgIpc) is 2.06. The van der Waals surface area contributed by atoms with E-state index in [-0.39, 0.29) is 42.2 Å². The minimum absolute atomic E-state index is 0. The molecule has 0 atom stereocenters. The first-order valence-electron chi connectivity index (χ1n) is 3.71. The Bertz CT molecular complexity index is 505. The summed E-state index contributed by atoms with van der Waals surface area (Å²) in [5.74, 6) is -1.28. The van der Waals surface area contributed by atoms with Crippen LogP contribution in [-0.2, 0) is 15.9 Å². The van der Waals surface area contributed by atoms with Crippen molar-refractivity contribution in [3.8, 4) is 5.75 Å². The third kappa shape index (κ3) is 4.45. The number of nitro groups is 1. The Morgan fingerprint density at radius 3 is 2.44 bits per heavy atom. The van der Waals surface area contributed by atoms with E-state index < -0.39 is 26.5 Å². The summed E-state index contributed by atoms with van der Waals surface area (Å²) in [6.07, 6.45) is 0. The van der Waals surface area contributed by atoms with Crippen LogP contribution < -0.4 is 29.6 Å². The fraction of sp³-hybridized carbons (Fsp3) is 0.143. The first kappa shape index (κ1) is 15.3. The van der Waals surface area contributed by atoms with Gasteiger partial charge in [0.05, 0.1) is 4.92 Å². The zero-order valence-electron chi connectivity index (χ0n) is 9.32. The molecule has 0 aliphatic carbocycles. The molecule has 0 saturated carbocycles. The number of rotatable bonds is 3. The van der Waals surface area contributed by atoms with E-state index in [2.05, 4.69) is 0 Å². The summed E-state index contributed by atoms with van der Waals surface area (Å²) < 4.78 is 29.5. The largest absolute Gasteiger partial charge is 1.00 e. The number of benzene rings is 1. The maximum atomic E-state index is 10.5. The molecule has 0 aromatic heterocycles. The van der Waals surface area contributed by atoms with Crippen LogP contribution in [0.4, 0.5) is 5.69 Å². The molecule has 0 bridgehead atoms. The fourth-order valence-electron chi connectivity index (χ4n) is 0.998. The van der Waals surface area contributed by atoms with Gasteiger partial charge in [0.2, 0.25) is 0 Å². The molecule has 0 spiro atoms. The van der Waals surface area contributed by atoms with Crippen LogP contribution in [0.25, 0.3) is 0 Å². The van der Waals surface area contributed by atoms with Gasteiger partial charge in [0.1, 0.15) is 11.5 Å². The fourth-order valence-corrected chi connectivity index (χ4v) is 1.62. The van der Waals surface area contributed by atoms with E-state index in [0.717, 1.165) is 18.2 Å². The van der Waals surface area contributed by atoms with Gasteiger partial charge in [-0.25, -0.2) is 0 Å². The molecular weight excluding hydrogens is 249 g/mol. The molecule has 1 aromatic carbocycles. The summed E-state index contributed by atoms with van der Waals surface area (Å²) in [6.45, 7) is 0. The van der Waals surface area contributed by atoms with E-state index in [0.29, 0.717) is 0 Å². The maximum absolute atomic E-state index is 10.5. The summed E-state index contributed by atoms with van der Waals surface area (Å²) in [5, 5.41) is 19.5. The number of phenols is 1. The second-order valence-corrected chi connectivity index (χ2v) is 4.25. The van der Waals surface area contributed by atoms with Crippen LogP contribution in [0.15, 0.2) is 18.2 Å². The van der Waals surface area contributed by atoms with Crippen molar-refractivity contribution in [2.75, 3.05) is 0 Å². The Balaban J connectivity index is 0. The molecule has 84 valence electrons. The van der Waals surface area contributed by atoms with E-state index in [1.807, 2.05) is 0 Å². The van der Waals surface area contributed by atoms with E-state index in [1.54, 1.807) is 0 Å². The first-order valence-corrected chi connectivity index (χ1v) is 5.32. The summed E-state index contributed by atoms with van der Waals surface area (Å²) in [4.78, 5) is 9.61. The van der Waals surface area contributed by atoms with E-state index in [4.69, 9.17) is 4.55 Å². The smallest absolute Gasteiger partial charge is 1.00 e. The second-order valence-electron chi connectivity index (χ2n) is 2.80. The SMILES string of the molecule is O=[N+]([O-])c1ccc(O)c(CS(=O)(=O)O)c1.[H-].[Na+]. The van der Waals surface area contributed by atoms with Gasteiger partial charge in [-0.05, 0) is 6.07 Å². The normalized spacial score (nSPS) is 10.6. The minimum Gasteiger partial charge on any atom is -1.00 e. The Kier molecular flexibility index (Phi) is 5.36. The van der Waals surface area contributed by atoms with Gasteiger partial charge in [-0.2, -0.15) is 8.42 Å². The van der Waals surface area contributed by atoms with Crippen LogP contribution in [0.2, 0.25) is 0 Å². The van der Waals surface area contributed by atoms with Crippen LogP contribution in [0, 0.1) is 10.1 Å². The molecule has 0 amide bonds. The molecule has 2 N–H and O–H groups in total. The third-order valence-electron chi connectivity index (χ3n) is 1.61. The monoisotopic (exact) mass is 257 g/mol. The van der Waals surface area contributed by atoms with Gasteiger partial charge in [0, 0.05) is 17.7 Å². The van der Waals surface area contributed by atoms with Crippen molar-refractivity contribution in [1.29, 1.82) is 0 Å². The van der Waals surface area contributed by atoms with Crippen molar-refractivity contribution < 1.29 is 54.0 Å². The molecule has 16 heavy (non-hydrogen) atoms. The molecule has 0 aliphatic heterocycles. The van der Waals surface area contributed by atoms with E-state index in [9.17, 15) is 23.6 Å². The van der Waals surface area contributed by atoms with Crippen molar-refractivity contribution in [1.82, 2.24) is 0 Å². The number of non-ortho nitro benzene ring substituents is 1. The van der Waals surface area contributed by atoms with Crippen molar-refractivity contribution in [2.24, 2.45) is 0 Å². The first-order chi connectivity index (χ1) is 6.79. The zero-order valence-corrected chi connectivity index (χ0v) is 11.1. The number of nitro benzene ring substituents is 1. The predicted molar refractivity (Wildman–Crippen MR) is 51.1 cm³/mol. The molecular formula is C7H8NNaO6S. The molecule has 0 unspecified atom stereocenters. The molecule has 7 nitrogen and oxygen atoms in total. The van der Waals surface area contributed by atoms with Gasteiger partial charge in [-0.3, -0.25) is 14.7 Å². The van der Waals surface area contributed by atoms with Crippen molar-refractivity contribution in [3.05, 3.63) is 33.9 Å². The maximum Gasteiger partial charge on any atom is 1.00 e. The minimum atomic E-state index is -4.32. The Morgan fingerprint density at radius 2 is 2.00 bits per heavy atom. The second kappa shape index (κ2) is 5.60. The van der Waals surface area contributed by atoms with Gasteiger partial charge < -0.3 is 6.53 Å². The van der Waals surface area contributed by atoms with E-state index in [1.165, 1.54) is 0 Å². The van der Waals surface area contributed by atoms with Gasteiger partial charge >= 0.3 is 29.6 Å². The average molecular weight is 257 g/mol. The summed E-state index contributed by atoms with van der Waals surface area (Å²) in [5.41, 5.74) is -0.571. The molecule has 1 rings (SSSR count). The van der Waals surface area contributed by atoms with Crippen LogP contribution in [0.1, 0.15) is 6.99 Å². The Labute approximate surface area is 115 Å². The standard InChI is InChI=1S/C7H7NO6S.Na.H/c9-7-2-1-6(8(10)11)3-5(7)4-15(12,13)14;;/h1-3,9H,4H2,(H,12,13,14);;/q;+1;-1. The third-order valence-corrected chi connectivity index (χ3v) is 2.29. The number of hydrogen-bond acceptors (Lipinski definition) is 5. The Morgan fingerprint density at radius 1 is 1.44 bits per heavy atom. The van der Waals surface area contributed by atoms with Crippen LogP contribution in [0.5, 0.6) is 5.75 Å². The van der Waals surface area contributed by atoms with Crippen molar-refractivity contribution >= 4 is 15.8 Å². The quantitative estimate of drug-likeness (QED) is 0.275. The van der Waals surface area contributed by atoms with Gasteiger partial charge in [-0.15, -0.1) is 0 Å². The number of hydrogen-bond donors (Lipinski definition) is 2. The molecule has 0 heterocycles. The van der Waals surface area contributed by atoms with Gasteiger partial charge in [0.15, 0.2) is 0 Å². The number of phenolic OH excluding ortho intramolecular Hbond substituents is 1. The van der Waals surface area contributed by atoms with Crippen molar-refractivity contribution in [3.63, 3.8) is 0 Å². The van der Waals surface area contributed by atoms with Crippen LogP contribution in [0.3, 0.4) is 0 Å². The van der Waals surface area contributed by atoms with Crippen LogP contribution >= 0.6 is 0 Å². The van der Waals surface area contributed by atoms with E-state index >= 15 is 0 Å². The number of nitrogens with zero attached hydrogens (tertiary/aromatic N) is 1. The summed E-state index contributed by atoms with van der Waals surface area (Å²) in [6, 6.07) is 2.92. The van der Waals surface area contributed by atoms with Crippen LogP contribution in [-0.4, -0.2) is 23.0 Å².